The SMILES string of the molecule is CCCCCCCCCCCCCC(=O)N[C@H](C)C(=O)N1C[C@@H](O)C[C@H]1C(=O)N[C@@H](CC(C)C)C(=O)N[C@H](C(=O)N[C@@H](CCC(N)=O)C(=O)N[C@@H](CC(C)C)C(=O)OC)C(C)C. The van der Waals surface area contributed by atoms with E-state index in [4.69, 9.17) is 10.5 Å². The first-order chi connectivity index (χ1) is 29.2. The average molecular weight is 880 g/mol. The van der Waals surface area contributed by atoms with Crippen molar-refractivity contribution in [3.63, 3.8) is 0 Å². The molecule has 0 unspecified atom stereocenters. The number of nitrogens with zero attached hydrogens (tertiary/aromatic N) is 1. The van der Waals surface area contributed by atoms with Crippen molar-refractivity contribution in [2.24, 2.45) is 23.5 Å². The number of likely N-dealkylation sites (tertiary alicyclic amines) is 1. The van der Waals surface area contributed by atoms with E-state index < -0.39 is 89.7 Å². The van der Waals surface area contributed by atoms with E-state index in [1.54, 1.807) is 13.8 Å². The van der Waals surface area contributed by atoms with Crippen LogP contribution in [-0.4, -0.2) is 113 Å². The maximum atomic E-state index is 13.9. The summed E-state index contributed by atoms with van der Waals surface area (Å²) in [5.74, 6) is -5.66. The lowest BCUT2D eigenvalue weighted by Gasteiger charge is -2.30. The van der Waals surface area contributed by atoms with Gasteiger partial charge in [-0.25, -0.2) is 4.79 Å². The fraction of sp³-hybridized carbons (Fsp3) is 0.822. The standard InChI is InChI=1S/C45H81N7O10/c1-10-11-12-13-14-15-16-17-18-19-20-21-38(55)47-31(8)44(60)52-27-32(53)26-36(52)42(58)49-34(24-28(2)3)41(57)51-39(30(6)7)43(59)48-33(22-23-37(46)54)40(56)50-35(25-29(4)5)45(61)62-9/h28-36,39,53H,10-27H2,1-9H3,(H2,46,54)(H,47,55)(H,48,59)(H,49,58)(H,50,56)(H,51,57)/t31-,32+,33+,34+,35+,36+,39+/m1/s1. The number of hydrogen-bond donors (Lipinski definition) is 7. The molecular formula is C45H81N7O10. The molecule has 0 aliphatic carbocycles. The molecule has 0 aromatic rings. The van der Waals surface area contributed by atoms with Crippen molar-refractivity contribution >= 4 is 47.3 Å². The molecule has 1 fully saturated rings. The molecule has 17 nitrogen and oxygen atoms in total. The lowest BCUT2D eigenvalue weighted by molar-refractivity contribution is -0.146. The Hall–Kier alpha value is -4.28. The van der Waals surface area contributed by atoms with Gasteiger partial charge in [0.2, 0.25) is 41.4 Å². The molecule has 1 aliphatic heterocycles. The topological polar surface area (TPSA) is 255 Å². The van der Waals surface area contributed by atoms with Gasteiger partial charge in [-0.3, -0.25) is 33.6 Å². The highest BCUT2D eigenvalue weighted by Gasteiger charge is 2.42. The highest BCUT2D eigenvalue weighted by atomic mass is 16.5. The largest absolute Gasteiger partial charge is 0.467 e. The molecule has 0 aromatic carbocycles. The van der Waals surface area contributed by atoms with E-state index in [1.807, 2.05) is 27.7 Å². The molecule has 7 amide bonds. The Labute approximate surface area is 370 Å². The number of unbranched alkanes of at least 4 members (excludes halogenated alkanes) is 10. The fourth-order valence-electron chi connectivity index (χ4n) is 7.56. The van der Waals surface area contributed by atoms with E-state index in [0.29, 0.717) is 6.42 Å². The number of methoxy groups -OCH3 is 1. The van der Waals surface area contributed by atoms with Crippen LogP contribution in [0.3, 0.4) is 0 Å². The lowest BCUT2D eigenvalue weighted by Crippen LogP contribution is -2.60. The number of carbonyl (C=O) groups is 8. The maximum Gasteiger partial charge on any atom is 0.328 e. The van der Waals surface area contributed by atoms with Gasteiger partial charge in [0.25, 0.3) is 0 Å². The molecule has 1 aliphatic rings. The monoisotopic (exact) mass is 880 g/mol. The van der Waals surface area contributed by atoms with Gasteiger partial charge in [0.15, 0.2) is 0 Å². The summed E-state index contributed by atoms with van der Waals surface area (Å²) in [6.45, 7) is 14.4. The molecule has 1 heterocycles. The molecule has 1 rings (SSSR count). The van der Waals surface area contributed by atoms with E-state index >= 15 is 0 Å². The zero-order chi connectivity index (χ0) is 46.9. The van der Waals surface area contributed by atoms with Crippen LogP contribution in [0.2, 0.25) is 0 Å². The molecule has 62 heavy (non-hydrogen) atoms. The lowest BCUT2D eigenvalue weighted by atomic mass is 9.98. The first-order valence-electron chi connectivity index (χ1n) is 23.1. The number of nitrogens with two attached hydrogens (primary N) is 1. The predicted molar refractivity (Wildman–Crippen MR) is 237 cm³/mol. The Kier molecular flexibility index (Phi) is 26.9. The summed E-state index contributed by atoms with van der Waals surface area (Å²) in [7, 11) is 1.19. The van der Waals surface area contributed by atoms with E-state index in [-0.39, 0.29) is 62.8 Å². The second-order valence-electron chi connectivity index (χ2n) is 18.2. The first kappa shape index (κ1) is 55.7. The second kappa shape index (κ2) is 29.9. The first-order valence-corrected chi connectivity index (χ1v) is 23.1. The van der Waals surface area contributed by atoms with Crippen molar-refractivity contribution in [1.29, 1.82) is 0 Å². The molecule has 0 aromatic heterocycles. The predicted octanol–water partition coefficient (Wildman–Crippen LogP) is 3.28. The highest BCUT2D eigenvalue weighted by Crippen LogP contribution is 2.21. The number of β-amino-alcohol motifs (C(OH)–C–C–N with tert-alkyl or cyclic N) is 1. The molecule has 0 bridgehead atoms. The van der Waals surface area contributed by atoms with Crippen molar-refractivity contribution in [2.45, 2.75) is 207 Å². The summed E-state index contributed by atoms with van der Waals surface area (Å²) in [6, 6.07) is -6.74. The zero-order valence-electron chi connectivity index (χ0n) is 39.1. The smallest absolute Gasteiger partial charge is 0.328 e. The minimum atomic E-state index is -1.30. The Morgan fingerprint density at radius 2 is 1.18 bits per heavy atom. The van der Waals surface area contributed by atoms with Crippen LogP contribution in [0.4, 0.5) is 0 Å². The van der Waals surface area contributed by atoms with Gasteiger partial charge in [0, 0.05) is 25.8 Å². The fourth-order valence-corrected chi connectivity index (χ4v) is 7.56. The van der Waals surface area contributed by atoms with Gasteiger partial charge >= 0.3 is 5.97 Å². The molecule has 17 heteroatoms. The van der Waals surface area contributed by atoms with Gasteiger partial charge in [-0.1, -0.05) is 113 Å². The summed E-state index contributed by atoms with van der Waals surface area (Å²) >= 11 is 0. The third kappa shape index (κ3) is 21.7. The molecule has 8 N–H and O–H groups in total. The van der Waals surface area contributed by atoms with Crippen LogP contribution in [0.15, 0.2) is 0 Å². The number of ether oxygens (including phenoxy) is 1. The van der Waals surface area contributed by atoms with Crippen LogP contribution in [0.25, 0.3) is 0 Å². The van der Waals surface area contributed by atoms with E-state index in [0.717, 1.165) is 19.3 Å². The Bertz CT molecular complexity index is 1440. The molecule has 0 radical (unpaired) electrons. The van der Waals surface area contributed by atoms with Crippen molar-refractivity contribution in [3.05, 3.63) is 0 Å². The molecule has 7 atom stereocenters. The van der Waals surface area contributed by atoms with Crippen LogP contribution in [0.1, 0.15) is 165 Å². The summed E-state index contributed by atoms with van der Waals surface area (Å²) in [5, 5.41) is 23.9. The van der Waals surface area contributed by atoms with E-state index in [1.165, 1.54) is 63.9 Å². The number of esters is 1. The van der Waals surface area contributed by atoms with Gasteiger partial charge < -0.3 is 47.1 Å². The molecular weight excluding hydrogens is 799 g/mol. The summed E-state index contributed by atoms with van der Waals surface area (Å²) in [4.78, 5) is 107. The molecule has 0 spiro atoms. The number of rotatable bonds is 31. The van der Waals surface area contributed by atoms with Crippen molar-refractivity contribution < 1.29 is 48.2 Å². The van der Waals surface area contributed by atoms with Gasteiger partial charge in [-0.05, 0) is 50.4 Å². The van der Waals surface area contributed by atoms with E-state index in [9.17, 15) is 43.5 Å². The molecule has 356 valence electrons. The van der Waals surface area contributed by atoms with Crippen molar-refractivity contribution in [3.8, 4) is 0 Å². The Morgan fingerprint density at radius 1 is 0.661 bits per heavy atom. The number of carbonyl (C=O) groups excluding carboxylic acids is 8. The molecule has 1 saturated heterocycles. The van der Waals surface area contributed by atoms with Crippen LogP contribution >= 0.6 is 0 Å². The van der Waals surface area contributed by atoms with Crippen LogP contribution < -0.4 is 32.3 Å². The number of hydrogen-bond acceptors (Lipinski definition) is 10. The summed E-state index contributed by atoms with van der Waals surface area (Å²) in [5.41, 5.74) is 5.35. The van der Waals surface area contributed by atoms with Gasteiger partial charge in [0.1, 0.15) is 36.3 Å². The Morgan fingerprint density at radius 3 is 1.69 bits per heavy atom. The van der Waals surface area contributed by atoms with Gasteiger partial charge in [-0.15, -0.1) is 0 Å². The number of primary amides is 1. The zero-order valence-corrected chi connectivity index (χ0v) is 39.1. The summed E-state index contributed by atoms with van der Waals surface area (Å²) < 4.78 is 4.84. The number of aliphatic hydroxyl groups is 1. The minimum Gasteiger partial charge on any atom is -0.467 e. The van der Waals surface area contributed by atoms with Crippen LogP contribution in [0.5, 0.6) is 0 Å². The second-order valence-corrected chi connectivity index (χ2v) is 18.2. The van der Waals surface area contributed by atoms with Gasteiger partial charge in [0.05, 0.1) is 13.2 Å². The third-order valence-electron chi connectivity index (χ3n) is 11.0. The molecule has 0 saturated carbocycles. The van der Waals surface area contributed by atoms with Crippen LogP contribution in [0, 0.1) is 17.8 Å². The minimum absolute atomic E-state index is 0.00481. The summed E-state index contributed by atoms with van der Waals surface area (Å²) in [6.07, 6.45) is 11.8. The van der Waals surface area contributed by atoms with E-state index in [2.05, 4.69) is 33.5 Å². The van der Waals surface area contributed by atoms with Crippen LogP contribution in [-0.2, 0) is 43.1 Å². The van der Waals surface area contributed by atoms with Crippen molar-refractivity contribution in [2.75, 3.05) is 13.7 Å². The maximum absolute atomic E-state index is 13.9. The number of aliphatic hydroxyl groups excluding tert-OH is 1. The Balaban J connectivity index is 2.98. The highest BCUT2D eigenvalue weighted by molar-refractivity contribution is 5.97. The third-order valence-corrected chi connectivity index (χ3v) is 11.0. The number of amides is 7. The van der Waals surface area contributed by atoms with Crippen molar-refractivity contribution in [1.82, 2.24) is 31.5 Å². The normalized spacial score (nSPS) is 17.5. The number of nitrogens with one attached hydrogen (secondary N) is 5. The van der Waals surface area contributed by atoms with Gasteiger partial charge in [-0.2, -0.15) is 0 Å². The quantitative estimate of drug-likeness (QED) is 0.0395. The average Bonchev–Trinajstić information content (AvgIpc) is 3.59.